The minimum atomic E-state index is -4.59. The Kier molecular flexibility index (Phi) is 2.28. The Morgan fingerprint density at radius 3 is 2.27 bits per heavy atom. The quantitative estimate of drug-likeness (QED) is 0.587. The van der Waals surface area contributed by atoms with Gasteiger partial charge in [0.05, 0.1) is 0 Å². The highest BCUT2D eigenvalue weighted by atomic mass is 19.4. The molecule has 0 unspecified atom stereocenters. The van der Waals surface area contributed by atoms with Gasteiger partial charge in [-0.2, -0.15) is 13.2 Å². The van der Waals surface area contributed by atoms with Gasteiger partial charge in [-0.1, -0.05) is 6.42 Å². The number of ether oxygens (including phenoxy) is 1. The maximum atomic E-state index is 12.4. The molecular formula is C10H11F3O2. The highest BCUT2D eigenvalue weighted by Gasteiger charge is 2.50. The van der Waals surface area contributed by atoms with Gasteiger partial charge in [0.2, 0.25) is 0 Å². The molecular weight excluding hydrogens is 209 g/mol. The third-order valence-corrected chi connectivity index (χ3v) is 2.93. The predicted octanol–water partition coefficient (Wildman–Crippen LogP) is 2.73. The van der Waals surface area contributed by atoms with Crippen LogP contribution in [0.2, 0.25) is 0 Å². The zero-order valence-electron chi connectivity index (χ0n) is 8.06. The van der Waals surface area contributed by atoms with Crippen molar-refractivity contribution < 1.29 is 22.7 Å². The summed E-state index contributed by atoms with van der Waals surface area (Å²) in [5.41, 5.74) is -2.09. The predicted molar refractivity (Wildman–Crippen MR) is 46.0 cm³/mol. The van der Waals surface area contributed by atoms with Gasteiger partial charge < -0.3 is 4.74 Å². The van der Waals surface area contributed by atoms with Crippen molar-refractivity contribution in [3.63, 3.8) is 0 Å². The SMILES string of the molecule is O=C1OC2(C=C1C(F)(F)F)CCCCC2. The first kappa shape index (κ1) is 10.5. The molecule has 2 nitrogen and oxygen atoms in total. The molecule has 84 valence electrons. The maximum absolute atomic E-state index is 12.4. The molecule has 2 aliphatic rings. The molecule has 1 fully saturated rings. The summed E-state index contributed by atoms with van der Waals surface area (Å²) in [6.07, 6.45) is 0.0431. The number of rotatable bonds is 0. The Morgan fingerprint density at radius 1 is 1.20 bits per heavy atom. The molecule has 0 aromatic carbocycles. The second-order valence-electron chi connectivity index (χ2n) is 4.07. The van der Waals surface area contributed by atoms with Crippen LogP contribution in [0.25, 0.3) is 0 Å². The first-order valence-electron chi connectivity index (χ1n) is 4.96. The van der Waals surface area contributed by atoms with Crippen molar-refractivity contribution in [2.45, 2.75) is 43.9 Å². The zero-order chi connectivity index (χ0) is 11.1. The van der Waals surface area contributed by atoms with E-state index in [1.807, 2.05) is 0 Å². The van der Waals surface area contributed by atoms with Crippen LogP contribution in [0.3, 0.4) is 0 Å². The van der Waals surface area contributed by atoms with Crippen LogP contribution in [0, 0.1) is 0 Å². The van der Waals surface area contributed by atoms with Crippen molar-refractivity contribution in [3.8, 4) is 0 Å². The monoisotopic (exact) mass is 220 g/mol. The smallest absolute Gasteiger partial charge is 0.423 e. The van der Waals surface area contributed by atoms with Crippen LogP contribution < -0.4 is 0 Å². The van der Waals surface area contributed by atoms with Gasteiger partial charge in [-0.15, -0.1) is 0 Å². The van der Waals surface area contributed by atoms with E-state index in [4.69, 9.17) is 4.74 Å². The molecule has 15 heavy (non-hydrogen) atoms. The lowest BCUT2D eigenvalue weighted by Crippen LogP contribution is -2.30. The van der Waals surface area contributed by atoms with E-state index in [1.54, 1.807) is 0 Å². The summed E-state index contributed by atoms with van der Waals surface area (Å²) in [7, 11) is 0. The molecule has 0 amide bonds. The van der Waals surface area contributed by atoms with Crippen molar-refractivity contribution >= 4 is 5.97 Å². The molecule has 1 heterocycles. The summed E-state index contributed by atoms with van der Waals surface area (Å²) >= 11 is 0. The highest BCUT2D eigenvalue weighted by Crippen LogP contribution is 2.42. The largest absolute Gasteiger partial charge is 0.451 e. The fourth-order valence-electron chi connectivity index (χ4n) is 2.19. The average Bonchev–Trinajstić information content (AvgIpc) is 2.44. The van der Waals surface area contributed by atoms with Crippen molar-refractivity contribution in [2.75, 3.05) is 0 Å². The molecule has 0 radical (unpaired) electrons. The molecule has 0 bridgehead atoms. The second kappa shape index (κ2) is 3.25. The van der Waals surface area contributed by atoms with E-state index < -0.39 is 23.3 Å². The Labute approximate surface area is 85.1 Å². The van der Waals surface area contributed by atoms with Crippen LogP contribution in [0.15, 0.2) is 11.6 Å². The molecule has 2 rings (SSSR count). The fourth-order valence-corrected chi connectivity index (χ4v) is 2.19. The summed E-state index contributed by atoms with van der Waals surface area (Å²) in [6, 6.07) is 0. The second-order valence-corrected chi connectivity index (χ2v) is 4.07. The molecule has 0 aromatic heterocycles. The van der Waals surface area contributed by atoms with E-state index in [0.717, 1.165) is 25.3 Å². The summed E-state index contributed by atoms with van der Waals surface area (Å²) < 4.78 is 42.0. The van der Waals surface area contributed by atoms with E-state index in [2.05, 4.69) is 0 Å². The molecule has 1 aliphatic heterocycles. The van der Waals surface area contributed by atoms with Crippen LogP contribution >= 0.6 is 0 Å². The van der Waals surface area contributed by atoms with Crippen molar-refractivity contribution in [1.82, 2.24) is 0 Å². The summed E-state index contributed by atoms with van der Waals surface area (Å²) in [4.78, 5) is 11.1. The van der Waals surface area contributed by atoms with Gasteiger partial charge >= 0.3 is 12.1 Å². The Hall–Kier alpha value is -1.00. The van der Waals surface area contributed by atoms with Crippen LogP contribution in [-0.2, 0) is 9.53 Å². The lowest BCUT2D eigenvalue weighted by atomic mass is 9.84. The third kappa shape index (κ3) is 1.87. The van der Waals surface area contributed by atoms with E-state index in [1.165, 1.54) is 0 Å². The molecule has 1 spiro atoms. The number of alkyl halides is 3. The number of esters is 1. The zero-order valence-corrected chi connectivity index (χ0v) is 8.06. The standard InChI is InChI=1S/C10H11F3O2/c11-10(12,13)7-6-9(15-8(7)14)4-2-1-3-5-9/h6H,1-5H2. The number of hydrogen-bond acceptors (Lipinski definition) is 2. The van der Waals surface area contributed by atoms with Gasteiger partial charge in [0.1, 0.15) is 11.2 Å². The topological polar surface area (TPSA) is 26.3 Å². The maximum Gasteiger partial charge on any atom is 0.423 e. The van der Waals surface area contributed by atoms with Crippen molar-refractivity contribution in [3.05, 3.63) is 11.6 Å². The van der Waals surface area contributed by atoms with E-state index in [9.17, 15) is 18.0 Å². The first-order chi connectivity index (χ1) is 6.93. The van der Waals surface area contributed by atoms with Crippen LogP contribution in [0.1, 0.15) is 32.1 Å². The Balaban J connectivity index is 2.26. The van der Waals surface area contributed by atoms with Gasteiger partial charge in [-0.05, 0) is 31.8 Å². The molecule has 5 heteroatoms. The van der Waals surface area contributed by atoms with Crippen LogP contribution in [0.4, 0.5) is 13.2 Å². The molecule has 1 saturated carbocycles. The molecule has 1 aliphatic carbocycles. The molecule has 0 atom stereocenters. The lowest BCUT2D eigenvalue weighted by Gasteiger charge is -2.30. The van der Waals surface area contributed by atoms with Gasteiger partial charge in [0.25, 0.3) is 0 Å². The molecule has 0 saturated heterocycles. The van der Waals surface area contributed by atoms with Gasteiger partial charge in [0, 0.05) is 0 Å². The molecule has 0 N–H and O–H groups in total. The summed E-state index contributed by atoms with van der Waals surface area (Å²) in [5, 5.41) is 0. The van der Waals surface area contributed by atoms with Gasteiger partial charge in [0.15, 0.2) is 0 Å². The minimum Gasteiger partial charge on any atom is -0.451 e. The van der Waals surface area contributed by atoms with Crippen molar-refractivity contribution in [2.24, 2.45) is 0 Å². The Bertz CT molecular complexity index is 311. The number of halogens is 3. The first-order valence-corrected chi connectivity index (χ1v) is 4.96. The normalized spacial score (nSPS) is 25.3. The number of hydrogen-bond donors (Lipinski definition) is 0. The third-order valence-electron chi connectivity index (χ3n) is 2.93. The summed E-state index contributed by atoms with van der Waals surface area (Å²) in [6.45, 7) is 0. The van der Waals surface area contributed by atoms with Crippen LogP contribution in [0.5, 0.6) is 0 Å². The van der Waals surface area contributed by atoms with Crippen molar-refractivity contribution in [1.29, 1.82) is 0 Å². The minimum absolute atomic E-state index is 0.512. The molecule has 0 aromatic rings. The van der Waals surface area contributed by atoms with E-state index in [-0.39, 0.29) is 0 Å². The number of carbonyl (C=O) groups is 1. The highest BCUT2D eigenvalue weighted by molar-refractivity contribution is 5.93. The summed E-state index contributed by atoms with van der Waals surface area (Å²) in [5.74, 6) is -1.22. The Morgan fingerprint density at radius 2 is 1.80 bits per heavy atom. The van der Waals surface area contributed by atoms with Crippen LogP contribution in [-0.4, -0.2) is 17.7 Å². The van der Waals surface area contributed by atoms with Gasteiger partial charge in [-0.3, -0.25) is 0 Å². The average molecular weight is 220 g/mol. The fraction of sp³-hybridized carbons (Fsp3) is 0.700. The van der Waals surface area contributed by atoms with Gasteiger partial charge in [-0.25, -0.2) is 4.79 Å². The van der Waals surface area contributed by atoms with E-state index >= 15 is 0 Å². The lowest BCUT2D eigenvalue weighted by molar-refractivity contribution is -0.156. The van der Waals surface area contributed by atoms with E-state index in [0.29, 0.717) is 12.8 Å². The number of carbonyl (C=O) groups excluding carboxylic acids is 1.